The molecule has 5 aromatic rings. The molecule has 1 fully saturated rings. The summed E-state index contributed by atoms with van der Waals surface area (Å²) < 4.78 is 41.4. The molecule has 8 nitrogen and oxygen atoms in total. The zero-order chi connectivity index (χ0) is 30.3. The number of hydrogen-bond acceptors (Lipinski definition) is 6. The fourth-order valence-corrected chi connectivity index (χ4v) is 5.62. The van der Waals surface area contributed by atoms with Crippen molar-refractivity contribution < 1.29 is 27.5 Å². The van der Waals surface area contributed by atoms with Gasteiger partial charge in [0.1, 0.15) is 28.5 Å². The summed E-state index contributed by atoms with van der Waals surface area (Å²) in [5, 5.41) is 5.63. The number of amides is 2. The Balaban J connectivity index is 1.41. The summed E-state index contributed by atoms with van der Waals surface area (Å²) in [5.41, 5.74) is 1.52. The van der Waals surface area contributed by atoms with Crippen LogP contribution in [0.1, 0.15) is 44.9 Å². The molecule has 1 aliphatic carbocycles. The molecule has 218 valence electrons. The third-order valence-corrected chi connectivity index (χ3v) is 7.98. The topological polar surface area (TPSA) is 106 Å². The molecule has 0 bridgehead atoms. The van der Waals surface area contributed by atoms with Crippen molar-refractivity contribution in [1.29, 1.82) is 0 Å². The van der Waals surface area contributed by atoms with Gasteiger partial charge in [-0.1, -0.05) is 6.07 Å². The average molecular weight is 583 g/mol. The number of benzene rings is 3. The Morgan fingerprint density at radius 2 is 1.70 bits per heavy atom. The van der Waals surface area contributed by atoms with Crippen LogP contribution in [0.15, 0.2) is 77.5 Å². The molecule has 1 aliphatic rings. The van der Waals surface area contributed by atoms with E-state index in [1.54, 1.807) is 55.9 Å². The van der Waals surface area contributed by atoms with Crippen molar-refractivity contribution in [1.82, 2.24) is 20.6 Å². The van der Waals surface area contributed by atoms with Gasteiger partial charge in [0.2, 0.25) is 0 Å². The highest BCUT2D eigenvalue weighted by atomic mass is 19.1. The first kappa shape index (κ1) is 28.2. The summed E-state index contributed by atoms with van der Waals surface area (Å²) in [7, 11) is 3.06. The molecule has 0 spiro atoms. The highest BCUT2D eigenvalue weighted by Gasteiger charge is 2.49. The largest absolute Gasteiger partial charge is 0.455 e. The number of nitrogens with one attached hydrogen (secondary N) is 2. The van der Waals surface area contributed by atoms with Crippen molar-refractivity contribution in [2.45, 2.75) is 31.4 Å². The van der Waals surface area contributed by atoms with Gasteiger partial charge in [-0.05, 0) is 72.6 Å². The number of hydrogen-bond donors (Lipinski definition) is 2. The number of carbonyl (C=O) groups is 2. The number of fused-ring (bicyclic) bond motifs is 1. The second-order valence-electron chi connectivity index (χ2n) is 10.6. The zero-order valence-corrected chi connectivity index (χ0v) is 23.7. The summed E-state index contributed by atoms with van der Waals surface area (Å²) in [6.07, 6.45) is 4.25. The number of aryl methyl sites for hydroxylation is 1. The van der Waals surface area contributed by atoms with E-state index in [0.29, 0.717) is 35.4 Å². The number of furan rings is 1. The van der Waals surface area contributed by atoms with Gasteiger partial charge in [0.15, 0.2) is 5.82 Å². The Morgan fingerprint density at radius 3 is 2.37 bits per heavy atom. The van der Waals surface area contributed by atoms with E-state index in [2.05, 4.69) is 20.6 Å². The van der Waals surface area contributed by atoms with Gasteiger partial charge in [0.05, 0.1) is 17.1 Å². The number of rotatable bonds is 7. The van der Waals surface area contributed by atoms with Crippen molar-refractivity contribution in [2.75, 3.05) is 14.2 Å². The molecule has 2 aromatic heterocycles. The lowest BCUT2D eigenvalue weighted by Crippen LogP contribution is -2.58. The van der Waals surface area contributed by atoms with Crippen molar-refractivity contribution in [3.63, 3.8) is 0 Å². The standard InChI is InChI=1S/C33H28F2N4O4/c1-18-5-6-20(30(40)39-33(16-22(17-33)42-3)32-37-13-4-14-38-32)15-24(18)23-11-12-25-26(28(23)35)27(31(41)36-2)29(43-25)19-7-9-21(34)10-8-19/h4-15,22H,16-17H2,1-3H3,(H,36,41)(H,39,40). The third kappa shape index (κ3) is 4.93. The van der Waals surface area contributed by atoms with Crippen molar-refractivity contribution in [3.05, 3.63) is 107 Å². The van der Waals surface area contributed by atoms with Crippen LogP contribution in [0.2, 0.25) is 0 Å². The number of aromatic nitrogens is 2. The Bertz CT molecular complexity index is 1850. The summed E-state index contributed by atoms with van der Waals surface area (Å²) in [6, 6.07) is 15.3. The maximum atomic E-state index is 16.4. The summed E-state index contributed by atoms with van der Waals surface area (Å²) in [6.45, 7) is 1.81. The van der Waals surface area contributed by atoms with Crippen LogP contribution in [0, 0.1) is 18.6 Å². The lowest BCUT2D eigenvalue weighted by molar-refractivity contribution is -0.0336. The van der Waals surface area contributed by atoms with E-state index < -0.39 is 23.1 Å². The molecular formula is C33H28F2N4O4. The van der Waals surface area contributed by atoms with E-state index >= 15 is 4.39 Å². The van der Waals surface area contributed by atoms with Crippen LogP contribution < -0.4 is 10.6 Å². The van der Waals surface area contributed by atoms with E-state index in [4.69, 9.17) is 9.15 Å². The van der Waals surface area contributed by atoms with Crippen LogP contribution in [0.5, 0.6) is 0 Å². The van der Waals surface area contributed by atoms with Crippen LogP contribution >= 0.6 is 0 Å². The zero-order valence-electron chi connectivity index (χ0n) is 23.7. The van der Waals surface area contributed by atoms with Gasteiger partial charge in [-0.25, -0.2) is 18.7 Å². The Labute approximate surface area is 246 Å². The number of nitrogens with zero attached hydrogens (tertiary/aromatic N) is 2. The van der Waals surface area contributed by atoms with Crippen LogP contribution in [-0.2, 0) is 10.3 Å². The summed E-state index contributed by atoms with van der Waals surface area (Å²) in [5.74, 6) is -1.42. The molecule has 2 amide bonds. The first-order valence-corrected chi connectivity index (χ1v) is 13.7. The molecule has 0 aliphatic heterocycles. The van der Waals surface area contributed by atoms with Crippen molar-refractivity contribution >= 4 is 22.8 Å². The molecule has 43 heavy (non-hydrogen) atoms. The van der Waals surface area contributed by atoms with Crippen LogP contribution in [-0.4, -0.2) is 42.0 Å². The fourth-order valence-electron chi connectivity index (χ4n) is 5.62. The maximum absolute atomic E-state index is 16.4. The Hall–Kier alpha value is -4.96. The third-order valence-electron chi connectivity index (χ3n) is 7.98. The molecule has 0 saturated heterocycles. The van der Waals surface area contributed by atoms with E-state index in [9.17, 15) is 14.0 Å². The molecule has 10 heteroatoms. The molecule has 0 atom stereocenters. The van der Waals surface area contributed by atoms with Crippen LogP contribution in [0.3, 0.4) is 0 Å². The second kappa shape index (κ2) is 11.0. The first-order chi connectivity index (χ1) is 20.7. The van der Waals surface area contributed by atoms with Crippen LogP contribution in [0.4, 0.5) is 8.78 Å². The van der Waals surface area contributed by atoms with Gasteiger partial charge in [0.25, 0.3) is 11.8 Å². The Morgan fingerprint density at radius 1 is 0.977 bits per heavy atom. The lowest BCUT2D eigenvalue weighted by atomic mass is 9.73. The van der Waals surface area contributed by atoms with E-state index in [0.717, 1.165) is 5.56 Å². The predicted molar refractivity (Wildman–Crippen MR) is 156 cm³/mol. The Kier molecular flexibility index (Phi) is 7.23. The fraction of sp³-hybridized carbons (Fsp3) is 0.212. The van der Waals surface area contributed by atoms with Gasteiger partial charge in [0, 0.05) is 56.1 Å². The predicted octanol–water partition coefficient (Wildman–Crippen LogP) is 5.94. The minimum atomic E-state index is -0.788. The quantitative estimate of drug-likeness (QED) is 0.246. The first-order valence-electron chi connectivity index (χ1n) is 13.7. The molecule has 1 saturated carbocycles. The number of methoxy groups -OCH3 is 1. The number of carbonyl (C=O) groups excluding carboxylic acids is 2. The lowest BCUT2D eigenvalue weighted by Gasteiger charge is -2.45. The van der Waals surface area contributed by atoms with Gasteiger partial charge in [-0.2, -0.15) is 0 Å². The van der Waals surface area contributed by atoms with Gasteiger partial charge in [-0.15, -0.1) is 0 Å². The van der Waals surface area contributed by atoms with E-state index in [-0.39, 0.29) is 39.9 Å². The van der Waals surface area contributed by atoms with Gasteiger partial charge < -0.3 is 19.8 Å². The molecule has 0 radical (unpaired) electrons. The summed E-state index contributed by atoms with van der Waals surface area (Å²) in [4.78, 5) is 35.3. The van der Waals surface area contributed by atoms with E-state index in [1.165, 1.54) is 31.3 Å². The van der Waals surface area contributed by atoms with E-state index in [1.807, 2.05) is 6.92 Å². The average Bonchev–Trinajstić information content (AvgIpc) is 3.40. The number of ether oxygens (including phenoxy) is 1. The van der Waals surface area contributed by atoms with Gasteiger partial charge in [-0.3, -0.25) is 9.59 Å². The minimum Gasteiger partial charge on any atom is -0.455 e. The normalized spacial score (nSPS) is 17.8. The van der Waals surface area contributed by atoms with Gasteiger partial charge >= 0.3 is 0 Å². The van der Waals surface area contributed by atoms with Crippen LogP contribution in [0.25, 0.3) is 33.4 Å². The second-order valence-corrected chi connectivity index (χ2v) is 10.6. The molecule has 6 rings (SSSR count). The summed E-state index contributed by atoms with van der Waals surface area (Å²) >= 11 is 0. The SMILES string of the molecule is CNC(=O)c1c(-c2ccc(F)cc2)oc2ccc(-c3cc(C(=O)NC4(c5ncccn5)CC(OC)C4)ccc3C)c(F)c12. The molecule has 2 heterocycles. The molecule has 3 aromatic carbocycles. The highest BCUT2D eigenvalue weighted by Crippen LogP contribution is 2.42. The molecular weight excluding hydrogens is 554 g/mol. The molecule has 2 N–H and O–H groups in total. The minimum absolute atomic E-state index is 0.00232. The maximum Gasteiger partial charge on any atom is 0.255 e. The number of halogens is 2. The highest BCUT2D eigenvalue weighted by molar-refractivity contribution is 6.12. The monoisotopic (exact) mass is 582 g/mol. The van der Waals surface area contributed by atoms with Crippen molar-refractivity contribution in [2.24, 2.45) is 0 Å². The molecule has 0 unspecified atom stereocenters. The van der Waals surface area contributed by atoms with Crippen molar-refractivity contribution in [3.8, 4) is 22.5 Å². The smallest absolute Gasteiger partial charge is 0.255 e.